The first kappa shape index (κ1) is 132. The summed E-state index contributed by atoms with van der Waals surface area (Å²) in [5, 5.41) is 0. The lowest BCUT2D eigenvalue weighted by Crippen LogP contribution is -2.73. The molecule has 90 nitrogen and oxygen atoms in total. The van der Waals surface area contributed by atoms with E-state index in [0.29, 0.717) is 0 Å². The molecule has 0 amide bonds. The van der Waals surface area contributed by atoms with Gasteiger partial charge in [0.05, 0.1) is 39.6 Å². The third-order valence-corrected chi connectivity index (χ3v) is 25.9. The third kappa shape index (κ3) is 46.8. The van der Waals surface area contributed by atoms with Crippen LogP contribution in [0.2, 0.25) is 0 Å². The fraction of sp³-hybridized carbons (Fsp3) is 1.00. The van der Waals surface area contributed by atoms with Gasteiger partial charge in [-0.25, -0.2) is 83.7 Å². The summed E-state index contributed by atoms with van der Waals surface area (Å²) >= 11 is 0. The highest BCUT2D eigenvalue weighted by Crippen LogP contribution is 2.46. The van der Waals surface area contributed by atoms with E-state index in [1.165, 1.54) is 0 Å². The van der Waals surface area contributed by atoms with Gasteiger partial charge in [-0.2, -0.15) is 168 Å². The summed E-state index contributed by atoms with van der Waals surface area (Å²) in [7, 11) is -136. The van der Waals surface area contributed by atoms with Crippen LogP contribution in [0.25, 0.3) is 0 Å². The molecule has 0 radical (unpaired) electrons. The standard InChI is InChI=1S/C36H62O90S20/c37-127(38,39)97-1-7-13(109-33-29(123-143(85,86)87)23(117-137(67,68)69)15(9(105-33)3-99-129(43,44)45)111-35-31(125-145(91,92)93)25(119-139(73,74)75)17(113-133(55,56)57)11(107-35)5-101-131(49,50)51)21(115-135(61,62)63)27(121-141(79,80)81)19(103-7)20-28(122-142(82,83)84)22(116-136(64,65)66)14(8(104-20)2-98-128(40,41)42)110-34-30(124-144(88,89)90)24(118-138(70,71)72)16(10(106-34)4-100-130(46,47)48)112-36-32(126-146(94,95)96)26(120-140(76,77)78)18(114-134(58,59)60)12(108-36)6-102-132(52,53)54/h7-36H,1-6H2,(H,37,38,39)(H,40,41,42)(H,43,44,45)(H,46,47,48)(H,49,50,51)(H,52,53,54)(H,55,56,57)(H,58,59,60)(H,61,62,63)(H,64,65,66)(H,67,68,69)(H,70,71,72)(H,73,74,75)(H,76,77,78)(H,79,80,81)(H,82,83,84)(H,85,86,87)(H,88,89,90)(H,91,92,93)(H,94,95,96)/t7-,8-,9-,10-,11-,12-,13-,14-,15-,16-,17-,18-,19?,20?,21+,22+,23+,24+,25+,26+,27-,28-,29+,30+,31+,32+,33-,34-,35-,36-/m1/s1. The molecule has 0 aromatic carbocycles. The van der Waals surface area contributed by atoms with E-state index < -0.39 is 431 Å². The number of hydrogen-bond donors (Lipinski definition) is 20. The molecule has 0 aromatic rings. The molecule has 6 aliphatic rings. The first-order valence-electron chi connectivity index (χ1n) is 34.2. The SMILES string of the molecule is O=S(=O)(O)OC[C@H]1O[C@H](O[C@H]2[C@H](OS(=O)(=O)O)[C@H](OS(=O)(=O)O)C(C3O[C@H](COS(=O)(=O)O)[C@@H](O[C@H]4O[C@H](COS(=O)(=O)O)[C@@H](O[C@H]5O[C@H](COS(=O)(=O)O)[C@@H](OS(=O)(=O)O)[C@H](OS(=O)(=O)O)[C@@H]5OS(=O)(=O)O)[C@H](OS(=O)(=O)O)[C@@H]4OS(=O)(=O)O)[C@H](OS(=O)(=O)O)[C@@H]3OS(=O)(=O)O)O[C@@H]2COS(=O)(=O)O)[C@@H](OS(=O)(=O)O)[C@@H](OS(=O)(=O)O)[C@@H]1O[C@H]1O[C@H](COS(=O)(=O)O)[C@@H](OS(=O)(=O)O)[C@H](OS(=O)(=O)O)[C@@H]1OS(=O)(=O)O. The summed E-state index contributed by atoms with van der Waals surface area (Å²) in [5.74, 6) is 0. The van der Waals surface area contributed by atoms with Gasteiger partial charge in [0.15, 0.2) is 49.6 Å². The highest BCUT2D eigenvalue weighted by atomic mass is 32.3. The molecular weight excluding hydrogens is 2510 g/mol. The van der Waals surface area contributed by atoms with Crippen molar-refractivity contribution in [3.8, 4) is 0 Å². The second kappa shape index (κ2) is 47.8. The van der Waals surface area contributed by atoms with Gasteiger partial charge in [-0.15, -0.1) is 0 Å². The maximum absolute atomic E-state index is 13.4. The van der Waals surface area contributed by atoms with Crippen molar-refractivity contribution in [3.05, 3.63) is 0 Å². The van der Waals surface area contributed by atoms with Crippen LogP contribution in [-0.4, -0.2) is 483 Å². The van der Waals surface area contributed by atoms with Crippen molar-refractivity contribution in [3.63, 3.8) is 0 Å². The van der Waals surface area contributed by atoms with Crippen molar-refractivity contribution in [2.75, 3.05) is 39.6 Å². The molecule has 6 rings (SSSR count). The Morgan fingerprint density at radius 2 is 0.240 bits per heavy atom. The van der Waals surface area contributed by atoms with E-state index in [9.17, 15) is 259 Å². The van der Waals surface area contributed by atoms with E-state index in [4.69, 9.17) is 47.4 Å². The highest BCUT2D eigenvalue weighted by Gasteiger charge is 2.67. The summed E-state index contributed by atoms with van der Waals surface area (Å²) in [4.78, 5) is 0. The van der Waals surface area contributed by atoms with Gasteiger partial charge in [0.2, 0.25) is 0 Å². The van der Waals surface area contributed by atoms with Crippen LogP contribution in [-0.2, 0) is 339 Å². The zero-order valence-electron chi connectivity index (χ0n) is 67.2. The lowest BCUT2D eigenvalue weighted by Gasteiger charge is -2.53. The molecule has 146 heavy (non-hydrogen) atoms. The van der Waals surface area contributed by atoms with Gasteiger partial charge in [-0.05, 0) is 0 Å². The van der Waals surface area contributed by atoms with Gasteiger partial charge in [-0.1, -0.05) is 0 Å². The Hall–Kier alpha value is -3.00. The van der Waals surface area contributed by atoms with Crippen LogP contribution in [0.5, 0.6) is 0 Å². The van der Waals surface area contributed by atoms with Gasteiger partial charge < -0.3 is 47.4 Å². The second-order valence-corrected chi connectivity index (χ2v) is 48.2. The summed E-state index contributed by atoms with van der Waals surface area (Å²) in [5.41, 5.74) is 0. The second-order valence-electron chi connectivity index (χ2n) is 27.0. The minimum Gasteiger partial charge on any atom is -0.364 e. The first-order chi connectivity index (χ1) is 64.7. The van der Waals surface area contributed by atoms with Crippen molar-refractivity contribution >= 4 is 208 Å². The van der Waals surface area contributed by atoms with E-state index in [1.54, 1.807) is 0 Å². The summed E-state index contributed by atoms with van der Waals surface area (Å²) in [6.07, 6.45) is -121. The van der Waals surface area contributed by atoms with Gasteiger partial charge in [0.25, 0.3) is 0 Å². The van der Waals surface area contributed by atoms with Crippen LogP contribution in [0.3, 0.4) is 0 Å². The van der Waals surface area contributed by atoms with Crippen LogP contribution in [0.1, 0.15) is 0 Å². The van der Waals surface area contributed by atoms with Crippen LogP contribution in [0, 0.1) is 0 Å². The monoisotopic (exact) mass is 2570 g/mol. The van der Waals surface area contributed by atoms with Crippen molar-refractivity contribution in [2.24, 2.45) is 0 Å². The molecule has 0 bridgehead atoms. The van der Waals surface area contributed by atoms with Crippen molar-refractivity contribution in [2.45, 2.75) is 184 Å². The average molecular weight is 2580 g/mol. The Balaban J connectivity index is 1.76. The maximum atomic E-state index is 13.4. The molecule has 2 unspecified atom stereocenters. The number of ether oxygens (including phenoxy) is 10. The third-order valence-electron chi connectivity index (χ3n) is 16.7. The minimum absolute atomic E-state index is 2.35. The van der Waals surface area contributed by atoms with E-state index in [-0.39, 0.29) is 0 Å². The molecule has 20 N–H and O–H groups in total. The summed E-state index contributed by atoms with van der Waals surface area (Å²) in [6.45, 7) is -15.6. The zero-order chi connectivity index (χ0) is 113. The molecule has 6 aliphatic heterocycles. The largest absolute Gasteiger partial charge is 0.397 e. The highest BCUT2D eigenvalue weighted by molar-refractivity contribution is 7.85. The van der Waals surface area contributed by atoms with Crippen LogP contribution < -0.4 is 0 Å². The van der Waals surface area contributed by atoms with E-state index in [2.05, 4.69) is 83.7 Å². The molecule has 866 valence electrons. The molecule has 6 fully saturated rings. The van der Waals surface area contributed by atoms with Crippen LogP contribution in [0.15, 0.2) is 0 Å². The summed E-state index contributed by atoms with van der Waals surface area (Å²) in [6, 6.07) is 0. The minimum atomic E-state index is -7.24. The Labute approximate surface area is 816 Å². The van der Waals surface area contributed by atoms with Gasteiger partial charge in [-0.3, -0.25) is 91.1 Å². The molecule has 0 saturated carbocycles. The predicted octanol–water partition coefficient (Wildman–Crippen LogP) is -17.5. The van der Waals surface area contributed by atoms with Gasteiger partial charge in [0.1, 0.15) is 134 Å². The zero-order valence-corrected chi connectivity index (χ0v) is 83.6. The van der Waals surface area contributed by atoms with E-state index >= 15 is 0 Å². The molecular formula is C36H62O90S20. The lowest BCUT2D eigenvalue weighted by molar-refractivity contribution is -0.371. The van der Waals surface area contributed by atoms with Crippen molar-refractivity contribution in [1.29, 1.82) is 0 Å². The Kier molecular flexibility index (Phi) is 43.1. The Morgan fingerprint density at radius 3 is 0.384 bits per heavy atom. The smallest absolute Gasteiger partial charge is 0.364 e. The molecule has 0 aliphatic carbocycles. The van der Waals surface area contributed by atoms with Gasteiger partial charge in [0, 0.05) is 0 Å². The fourth-order valence-corrected chi connectivity index (χ4v) is 21.6. The molecule has 6 saturated heterocycles. The number of rotatable bonds is 55. The Morgan fingerprint density at radius 1 is 0.130 bits per heavy atom. The van der Waals surface area contributed by atoms with Gasteiger partial charge >= 0.3 is 208 Å². The van der Waals surface area contributed by atoms with E-state index in [1.807, 2.05) is 0 Å². The van der Waals surface area contributed by atoms with Crippen molar-refractivity contribution < 1.29 is 390 Å². The van der Waals surface area contributed by atoms with Crippen LogP contribution >= 0.6 is 0 Å². The molecule has 0 spiro atoms. The average Bonchev–Trinajstić information content (AvgIpc) is 0.731. The van der Waals surface area contributed by atoms with Crippen LogP contribution in [0.4, 0.5) is 0 Å². The maximum Gasteiger partial charge on any atom is 0.397 e. The Bertz CT molecular complexity index is 6690. The molecule has 110 heteroatoms. The van der Waals surface area contributed by atoms with E-state index in [0.717, 1.165) is 0 Å². The molecule has 30 atom stereocenters. The molecule has 6 heterocycles. The summed E-state index contributed by atoms with van der Waals surface area (Å²) < 4.78 is 844. The first-order valence-corrected chi connectivity index (χ1v) is 61.5. The topological polar surface area (TPSA) is 1360 Å². The quantitative estimate of drug-likeness (QED) is 0.0251. The molecule has 0 aromatic heterocycles. The fourth-order valence-electron chi connectivity index (χ4n) is 12.9. The number of hydrogen-bond acceptors (Lipinski definition) is 70. The normalized spacial score (nSPS) is 33.2. The predicted molar refractivity (Wildman–Crippen MR) is 406 cm³/mol. The van der Waals surface area contributed by atoms with Crippen molar-refractivity contribution in [1.82, 2.24) is 0 Å². The lowest BCUT2D eigenvalue weighted by atomic mass is 9.85.